The number of hydrogen-bond acceptors (Lipinski definition) is 0. The van der Waals surface area contributed by atoms with Crippen molar-refractivity contribution in [2.45, 2.75) is 0 Å². The van der Waals surface area contributed by atoms with Gasteiger partial charge in [0.25, 0.3) is 12.2 Å². The second kappa shape index (κ2) is 17.0. The minimum absolute atomic E-state index is 0.250. The van der Waals surface area contributed by atoms with Gasteiger partial charge in [0.1, 0.15) is 0 Å². The van der Waals surface area contributed by atoms with Gasteiger partial charge in [-0.1, -0.05) is 6.58 Å². The van der Waals surface area contributed by atoms with Crippen LogP contribution >= 0.6 is 0 Å². The minimum atomic E-state index is -2.29. The quantitative estimate of drug-likeness (QED) is 0.517. The van der Waals surface area contributed by atoms with Gasteiger partial charge in [-0.2, -0.15) is 17.6 Å². The van der Waals surface area contributed by atoms with Crippen LogP contribution < -0.4 is 0 Å². The molecule has 0 fully saturated rings. The Hall–Kier alpha value is -1.27. The summed E-state index contributed by atoms with van der Waals surface area (Å²) in [5.41, 5.74) is 0. The Labute approximate surface area is 69.7 Å². The highest BCUT2D eigenvalue weighted by atomic mass is 19.3. The zero-order chi connectivity index (χ0) is 11.3. The van der Waals surface area contributed by atoms with Gasteiger partial charge in [-0.05, 0) is 0 Å². The average Bonchev–Trinajstić information content (AvgIpc) is 2.07. The highest BCUT2D eigenvalue weighted by Crippen LogP contribution is 1.94. The molecule has 0 unspecified atom stereocenters. The normalized spacial score (nSPS) is 6.38. The molecular weight excluding hydrogens is 205 g/mol. The van der Waals surface area contributed by atoms with E-state index in [2.05, 4.69) is 6.58 Å². The average molecular weight is 210 g/mol. The topological polar surface area (TPSA) is 0 Å². The Balaban J connectivity index is -0.000000120. The fourth-order valence-corrected chi connectivity index (χ4v) is 0. The lowest BCUT2D eigenvalue weighted by atomic mass is 11.1. The molecule has 0 aromatic heterocycles. The van der Waals surface area contributed by atoms with Crippen molar-refractivity contribution in [1.29, 1.82) is 0 Å². The monoisotopic (exact) mass is 210 g/mol. The van der Waals surface area contributed by atoms with E-state index in [1.54, 1.807) is 0 Å². The first-order valence-corrected chi connectivity index (χ1v) is 2.40. The highest BCUT2D eigenvalue weighted by molar-refractivity contribution is 4.66. The summed E-state index contributed by atoms with van der Waals surface area (Å²) < 4.78 is 71.5. The Morgan fingerprint density at radius 3 is 0.846 bits per heavy atom. The van der Waals surface area contributed by atoms with Gasteiger partial charge >= 0.3 is 0 Å². The molecule has 13 heavy (non-hydrogen) atoms. The largest absolute Gasteiger partial charge is 0.298 e. The second-order valence-corrected chi connectivity index (χ2v) is 0.952. The van der Waals surface area contributed by atoms with E-state index in [1.165, 1.54) is 0 Å². The maximum atomic E-state index is 10.2. The number of halogens is 7. The third-order valence-corrected chi connectivity index (χ3v) is 0.165. The van der Waals surface area contributed by atoms with Crippen molar-refractivity contribution < 1.29 is 30.7 Å². The van der Waals surface area contributed by atoms with Gasteiger partial charge in [-0.25, -0.2) is 13.2 Å². The van der Waals surface area contributed by atoms with Crippen LogP contribution in [0.2, 0.25) is 0 Å². The molecular formula is C6H5F7. The van der Waals surface area contributed by atoms with E-state index in [0.29, 0.717) is 0 Å². The van der Waals surface area contributed by atoms with Crippen LogP contribution in [0, 0.1) is 0 Å². The van der Waals surface area contributed by atoms with Crippen molar-refractivity contribution in [2.75, 3.05) is 0 Å². The summed E-state index contributed by atoms with van der Waals surface area (Å²) in [6.45, 7) is 2.69. The molecule has 0 rings (SSSR count). The molecule has 0 aliphatic carbocycles. The molecule has 0 atom stereocenters. The first kappa shape index (κ1) is 17.7. The number of hydrogen-bond donors (Lipinski definition) is 0. The lowest BCUT2D eigenvalue weighted by Crippen LogP contribution is -1.42. The smallest absolute Gasteiger partial charge is 0.216 e. The van der Waals surface area contributed by atoms with Crippen molar-refractivity contribution in [3.8, 4) is 0 Å². The summed E-state index contributed by atoms with van der Waals surface area (Å²) in [5.74, 6) is 0. The molecule has 0 saturated carbocycles. The van der Waals surface area contributed by atoms with Crippen molar-refractivity contribution in [1.82, 2.24) is 0 Å². The molecule has 78 valence electrons. The molecule has 0 aromatic carbocycles. The fraction of sp³-hybridized carbons (Fsp3) is 0. The lowest BCUT2D eigenvalue weighted by Gasteiger charge is -1.59. The molecule has 0 spiro atoms. The molecule has 7 heteroatoms. The molecule has 0 amide bonds. The maximum Gasteiger partial charge on any atom is 0.298 e. The van der Waals surface area contributed by atoms with Gasteiger partial charge in [-0.15, -0.1) is 0 Å². The lowest BCUT2D eigenvalue weighted by molar-refractivity contribution is 0.399. The van der Waals surface area contributed by atoms with Crippen LogP contribution in [0.1, 0.15) is 0 Å². The molecule has 0 heterocycles. The predicted octanol–water partition coefficient (Wildman–Crippen LogP) is 4.49. The van der Waals surface area contributed by atoms with E-state index < -0.39 is 24.8 Å². The van der Waals surface area contributed by atoms with E-state index in [-0.39, 0.29) is 6.33 Å². The fourth-order valence-electron chi connectivity index (χ4n) is 0. The van der Waals surface area contributed by atoms with Gasteiger partial charge in [-0.3, -0.25) is 0 Å². The molecule has 0 bridgehead atoms. The van der Waals surface area contributed by atoms with E-state index in [9.17, 15) is 30.7 Å². The van der Waals surface area contributed by atoms with E-state index in [0.717, 1.165) is 0 Å². The molecule has 0 aliphatic rings. The zero-order valence-electron chi connectivity index (χ0n) is 6.08. The highest BCUT2D eigenvalue weighted by Gasteiger charge is 1.78. The Bertz CT molecular complexity index is 136. The van der Waals surface area contributed by atoms with Gasteiger partial charge in [0.05, 0.1) is 6.33 Å². The van der Waals surface area contributed by atoms with Crippen LogP contribution in [0.15, 0.2) is 37.7 Å². The molecule has 0 aliphatic heterocycles. The predicted molar refractivity (Wildman–Crippen MR) is 34.1 cm³/mol. The Morgan fingerprint density at radius 2 is 0.846 bits per heavy atom. The minimum Gasteiger partial charge on any atom is -0.216 e. The summed E-state index contributed by atoms with van der Waals surface area (Å²) in [6, 6.07) is 0. The second-order valence-electron chi connectivity index (χ2n) is 0.952. The molecule has 0 saturated heterocycles. The number of rotatable bonds is 0. The van der Waals surface area contributed by atoms with Crippen LogP contribution in [-0.2, 0) is 0 Å². The van der Waals surface area contributed by atoms with Gasteiger partial charge < -0.3 is 0 Å². The third kappa shape index (κ3) is 110. The van der Waals surface area contributed by atoms with Crippen molar-refractivity contribution in [3.63, 3.8) is 0 Å². The summed E-state index contributed by atoms with van der Waals surface area (Å²) in [5, 5.41) is 0. The zero-order valence-corrected chi connectivity index (χ0v) is 6.08. The first-order chi connectivity index (χ1) is 5.95. The van der Waals surface area contributed by atoms with Crippen molar-refractivity contribution in [2.24, 2.45) is 0 Å². The SMILES string of the molecule is C=CF.FC=C(F)F.FC=C(F)F. The van der Waals surface area contributed by atoms with Gasteiger partial charge in [0.15, 0.2) is 12.7 Å². The van der Waals surface area contributed by atoms with Gasteiger partial charge in [0, 0.05) is 0 Å². The van der Waals surface area contributed by atoms with Crippen LogP contribution in [0.5, 0.6) is 0 Å². The van der Waals surface area contributed by atoms with Crippen LogP contribution in [0.25, 0.3) is 0 Å². The summed E-state index contributed by atoms with van der Waals surface area (Å²) >= 11 is 0. The summed E-state index contributed by atoms with van der Waals surface area (Å²) in [6.07, 6.45) is -5.82. The Kier molecular flexibility index (Phi) is 23.2. The van der Waals surface area contributed by atoms with E-state index in [4.69, 9.17) is 0 Å². The Morgan fingerprint density at radius 1 is 0.769 bits per heavy atom. The molecule has 0 N–H and O–H groups in total. The van der Waals surface area contributed by atoms with Crippen molar-refractivity contribution in [3.05, 3.63) is 37.7 Å². The standard InChI is InChI=1S/2C2HF3.C2H3F/c2*3-1-2(4)5;1-2-3/h2*1H;2H,1H2. The van der Waals surface area contributed by atoms with Crippen molar-refractivity contribution >= 4 is 0 Å². The molecule has 0 nitrogen and oxygen atoms in total. The maximum absolute atomic E-state index is 10.2. The van der Waals surface area contributed by atoms with Crippen LogP contribution in [-0.4, -0.2) is 0 Å². The van der Waals surface area contributed by atoms with E-state index in [1.807, 2.05) is 0 Å². The van der Waals surface area contributed by atoms with E-state index >= 15 is 0 Å². The molecule has 0 radical (unpaired) electrons. The van der Waals surface area contributed by atoms with Gasteiger partial charge in [0.2, 0.25) is 0 Å². The van der Waals surface area contributed by atoms with Crippen LogP contribution in [0.3, 0.4) is 0 Å². The summed E-state index contributed by atoms with van der Waals surface area (Å²) in [7, 11) is 0. The molecule has 0 aromatic rings. The first-order valence-electron chi connectivity index (χ1n) is 2.40. The van der Waals surface area contributed by atoms with Crippen LogP contribution in [0.4, 0.5) is 30.7 Å². The summed E-state index contributed by atoms with van der Waals surface area (Å²) in [4.78, 5) is 0. The third-order valence-electron chi connectivity index (χ3n) is 0.165.